The summed E-state index contributed by atoms with van der Waals surface area (Å²) >= 11 is 1.62. The van der Waals surface area contributed by atoms with Gasteiger partial charge in [0.2, 0.25) is 0 Å². The van der Waals surface area contributed by atoms with Crippen molar-refractivity contribution in [1.82, 2.24) is 15.0 Å². The SMILES string of the molecule is CNc1nc2ccccc2cc1CSc1nccc(C)n1. The van der Waals surface area contributed by atoms with Crippen LogP contribution in [0.5, 0.6) is 0 Å². The Hall–Kier alpha value is -2.14. The van der Waals surface area contributed by atoms with E-state index in [9.17, 15) is 0 Å². The van der Waals surface area contributed by atoms with Gasteiger partial charge >= 0.3 is 0 Å². The predicted molar refractivity (Wildman–Crippen MR) is 87.6 cm³/mol. The third-order valence-corrected chi connectivity index (χ3v) is 4.08. The Bertz CT molecular complexity index is 773. The molecule has 0 saturated carbocycles. The highest BCUT2D eigenvalue weighted by Crippen LogP contribution is 2.26. The van der Waals surface area contributed by atoms with Crippen molar-refractivity contribution >= 4 is 28.5 Å². The maximum absolute atomic E-state index is 4.66. The highest BCUT2D eigenvalue weighted by atomic mass is 32.2. The lowest BCUT2D eigenvalue weighted by molar-refractivity contribution is 0.932. The molecule has 0 atom stereocenters. The zero-order valence-corrected chi connectivity index (χ0v) is 12.8. The first-order valence-electron chi connectivity index (χ1n) is 6.75. The molecular formula is C16H16N4S. The van der Waals surface area contributed by atoms with Crippen LogP contribution >= 0.6 is 11.8 Å². The van der Waals surface area contributed by atoms with Gasteiger partial charge in [-0.3, -0.25) is 0 Å². The maximum Gasteiger partial charge on any atom is 0.188 e. The molecule has 3 rings (SSSR count). The number of aryl methyl sites for hydroxylation is 1. The highest BCUT2D eigenvalue weighted by Gasteiger charge is 2.07. The topological polar surface area (TPSA) is 50.7 Å². The van der Waals surface area contributed by atoms with Gasteiger partial charge in [-0.15, -0.1) is 0 Å². The molecule has 0 aliphatic rings. The van der Waals surface area contributed by atoms with Crippen molar-refractivity contribution in [3.05, 3.63) is 53.9 Å². The van der Waals surface area contributed by atoms with E-state index >= 15 is 0 Å². The van der Waals surface area contributed by atoms with Crippen LogP contribution in [0.3, 0.4) is 0 Å². The van der Waals surface area contributed by atoms with Gasteiger partial charge in [0.15, 0.2) is 5.16 Å². The first-order valence-corrected chi connectivity index (χ1v) is 7.73. The smallest absolute Gasteiger partial charge is 0.188 e. The quantitative estimate of drug-likeness (QED) is 0.588. The average Bonchev–Trinajstić information content (AvgIpc) is 2.52. The van der Waals surface area contributed by atoms with Crippen molar-refractivity contribution in [1.29, 1.82) is 0 Å². The van der Waals surface area contributed by atoms with Gasteiger partial charge in [0.05, 0.1) is 5.52 Å². The molecule has 0 aliphatic heterocycles. The summed E-state index contributed by atoms with van der Waals surface area (Å²) in [5, 5.41) is 5.12. The molecule has 0 radical (unpaired) electrons. The van der Waals surface area contributed by atoms with Crippen molar-refractivity contribution in [2.24, 2.45) is 0 Å². The van der Waals surface area contributed by atoms with Crippen LogP contribution in [0.25, 0.3) is 10.9 Å². The molecule has 3 aromatic rings. The summed E-state index contributed by atoms with van der Waals surface area (Å²) in [7, 11) is 1.90. The lowest BCUT2D eigenvalue weighted by Crippen LogP contribution is -1.99. The molecule has 0 amide bonds. The molecule has 0 saturated heterocycles. The lowest BCUT2D eigenvalue weighted by atomic mass is 10.1. The average molecular weight is 296 g/mol. The number of benzene rings is 1. The molecule has 0 aliphatic carbocycles. The molecule has 0 bridgehead atoms. The number of para-hydroxylation sites is 1. The number of pyridine rings is 1. The van der Waals surface area contributed by atoms with E-state index in [2.05, 4.69) is 32.4 Å². The van der Waals surface area contributed by atoms with Gasteiger partial charge < -0.3 is 5.32 Å². The Morgan fingerprint density at radius 1 is 1.14 bits per heavy atom. The van der Waals surface area contributed by atoms with Gasteiger partial charge in [-0.2, -0.15) is 0 Å². The van der Waals surface area contributed by atoms with Crippen LogP contribution in [-0.2, 0) is 5.75 Å². The van der Waals surface area contributed by atoms with Crippen LogP contribution < -0.4 is 5.32 Å². The number of aromatic nitrogens is 3. The van der Waals surface area contributed by atoms with Crippen LogP contribution in [0, 0.1) is 6.92 Å². The second kappa shape index (κ2) is 6.10. The number of hydrogen-bond acceptors (Lipinski definition) is 5. The Kier molecular flexibility index (Phi) is 4.01. The lowest BCUT2D eigenvalue weighted by Gasteiger charge is -2.09. The van der Waals surface area contributed by atoms with E-state index in [1.807, 2.05) is 38.2 Å². The fourth-order valence-corrected chi connectivity index (χ4v) is 2.97. The fourth-order valence-electron chi connectivity index (χ4n) is 2.12. The van der Waals surface area contributed by atoms with Crippen molar-refractivity contribution in [3.8, 4) is 0 Å². The molecule has 21 heavy (non-hydrogen) atoms. The molecule has 2 heterocycles. The standard InChI is InChI=1S/C16H16N4S/c1-11-7-8-18-16(19-11)21-10-13-9-12-5-3-4-6-14(12)20-15(13)17-2/h3-9H,10H2,1-2H3,(H,17,20). The van der Waals surface area contributed by atoms with Crippen molar-refractivity contribution in [2.45, 2.75) is 17.8 Å². The summed E-state index contributed by atoms with van der Waals surface area (Å²) in [4.78, 5) is 13.4. The van der Waals surface area contributed by atoms with E-state index in [-0.39, 0.29) is 0 Å². The minimum atomic E-state index is 0.789. The zero-order chi connectivity index (χ0) is 14.7. The fraction of sp³-hybridized carbons (Fsp3) is 0.188. The Labute approximate surface area is 128 Å². The summed E-state index contributed by atoms with van der Waals surface area (Å²) in [5.41, 5.74) is 3.15. The molecule has 2 aromatic heterocycles. The van der Waals surface area contributed by atoms with Gasteiger partial charge in [0.1, 0.15) is 5.82 Å². The molecule has 5 heteroatoms. The monoisotopic (exact) mass is 296 g/mol. The van der Waals surface area contributed by atoms with Crippen LogP contribution in [0.2, 0.25) is 0 Å². The van der Waals surface area contributed by atoms with E-state index in [1.165, 1.54) is 0 Å². The summed E-state index contributed by atoms with van der Waals surface area (Å²) in [5.74, 6) is 1.70. The van der Waals surface area contributed by atoms with Gasteiger partial charge in [-0.1, -0.05) is 30.0 Å². The van der Waals surface area contributed by atoms with Crippen LogP contribution in [0.1, 0.15) is 11.3 Å². The number of hydrogen-bond donors (Lipinski definition) is 1. The van der Waals surface area contributed by atoms with E-state index in [0.29, 0.717) is 0 Å². The third kappa shape index (κ3) is 3.13. The first kappa shape index (κ1) is 13.8. The van der Waals surface area contributed by atoms with Crippen molar-refractivity contribution in [2.75, 3.05) is 12.4 Å². The predicted octanol–water partition coefficient (Wildman–Crippen LogP) is 3.67. The number of nitrogens with zero attached hydrogens (tertiary/aromatic N) is 3. The maximum atomic E-state index is 4.66. The zero-order valence-electron chi connectivity index (χ0n) is 12.0. The number of anilines is 1. The second-order valence-corrected chi connectivity index (χ2v) is 5.65. The van der Waals surface area contributed by atoms with Gasteiger partial charge in [0, 0.05) is 35.6 Å². The Morgan fingerprint density at radius 3 is 2.81 bits per heavy atom. The first-order chi connectivity index (χ1) is 10.3. The van der Waals surface area contributed by atoms with Gasteiger partial charge in [0.25, 0.3) is 0 Å². The van der Waals surface area contributed by atoms with Crippen LogP contribution in [0.4, 0.5) is 5.82 Å². The highest BCUT2D eigenvalue weighted by molar-refractivity contribution is 7.98. The third-order valence-electron chi connectivity index (χ3n) is 3.17. The van der Waals surface area contributed by atoms with Gasteiger partial charge in [-0.05, 0) is 25.1 Å². The van der Waals surface area contributed by atoms with E-state index in [0.717, 1.165) is 38.9 Å². The summed E-state index contributed by atoms with van der Waals surface area (Å²) in [6, 6.07) is 12.2. The van der Waals surface area contributed by atoms with Crippen LogP contribution in [0.15, 0.2) is 47.8 Å². The molecule has 1 aromatic carbocycles. The number of nitrogens with one attached hydrogen (secondary N) is 1. The normalized spacial score (nSPS) is 10.8. The number of rotatable bonds is 4. The number of thioether (sulfide) groups is 1. The van der Waals surface area contributed by atoms with E-state index in [1.54, 1.807) is 18.0 Å². The summed E-state index contributed by atoms with van der Waals surface area (Å²) in [6.45, 7) is 1.97. The molecule has 4 nitrogen and oxygen atoms in total. The van der Waals surface area contributed by atoms with Crippen molar-refractivity contribution < 1.29 is 0 Å². The molecule has 1 N–H and O–H groups in total. The Balaban J connectivity index is 1.88. The molecular weight excluding hydrogens is 280 g/mol. The largest absolute Gasteiger partial charge is 0.373 e. The minimum absolute atomic E-state index is 0.789. The second-order valence-electron chi connectivity index (χ2n) is 4.71. The molecule has 0 fully saturated rings. The summed E-state index contributed by atoms with van der Waals surface area (Å²) < 4.78 is 0. The van der Waals surface area contributed by atoms with E-state index in [4.69, 9.17) is 0 Å². The van der Waals surface area contributed by atoms with Crippen molar-refractivity contribution in [3.63, 3.8) is 0 Å². The molecule has 106 valence electrons. The molecule has 0 spiro atoms. The summed E-state index contributed by atoms with van der Waals surface area (Å²) in [6.07, 6.45) is 1.79. The van der Waals surface area contributed by atoms with Gasteiger partial charge in [-0.25, -0.2) is 15.0 Å². The van der Waals surface area contributed by atoms with Crippen LogP contribution in [-0.4, -0.2) is 22.0 Å². The van der Waals surface area contributed by atoms with E-state index < -0.39 is 0 Å². The molecule has 0 unspecified atom stereocenters. The number of fused-ring (bicyclic) bond motifs is 1. The Morgan fingerprint density at radius 2 is 2.00 bits per heavy atom. The minimum Gasteiger partial charge on any atom is -0.373 e.